The van der Waals surface area contributed by atoms with Crippen molar-refractivity contribution in [2.45, 2.75) is 423 Å². The molecule has 0 aromatic rings. The molecule has 4 atom stereocenters. The fraction of sp³-hybridized carbons (Fsp3) is 0.931. The molecule has 0 aliphatic rings. The number of carbonyl (C=O) groups excluding carboxylic acids is 1. The van der Waals surface area contributed by atoms with Gasteiger partial charge in [0.15, 0.2) is 0 Å². The van der Waals surface area contributed by atoms with Gasteiger partial charge in [-0.05, 0) is 51.4 Å². The molecule has 0 fully saturated rings. The summed E-state index contributed by atoms with van der Waals surface area (Å²) in [6.45, 7) is 4.10. The second-order valence-electron chi connectivity index (χ2n) is 24.9. The fourth-order valence-corrected chi connectivity index (χ4v) is 11.6. The Hall–Kier alpha value is -1.21. The minimum absolute atomic E-state index is 0.365. The first-order valence-electron chi connectivity index (χ1n) is 35.7. The third kappa shape index (κ3) is 59.4. The summed E-state index contributed by atoms with van der Waals surface area (Å²) in [5.41, 5.74) is 0. The Bertz CT molecular complexity index is 1190. The highest BCUT2D eigenvalue weighted by atomic mass is 16.3. The summed E-state index contributed by atoms with van der Waals surface area (Å²) >= 11 is 0. The van der Waals surface area contributed by atoms with Gasteiger partial charge in [-0.25, -0.2) is 0 Å². The Morgan fingerprint density at radius 1 is 0.308 bits per heavy atom. The summed E-state index contributed by atoms with van der Waals surface area (Å²) in [5.74, 6) is -0.589. The van der Waals surface area contributed by atoms with Gasteiger partial charge >= 0.3 is 0 Å². The van der Waals surface area contributed by atoms with E-state index < -0.39 is 36.9 Å². The molecular weight excluding hydrogens is 959 g/mol. The van der Waals surface area contributed by atoms with Gasteiger partial charge in [0.1, 0.15) is 12.2 Å². The Morgan fingerprint density at radius 3 is 0.808 bits per heavy atom. The van der Waals surface area contributed by atoms with Crippen LogP contribution in [0.4, 0.5) is 0 Å². The standard InChI is InChI=1S/C72H141NO5/c1-3-5-7-9-11-13-15-17-19-21-23-25-27-29-31-32-33-34-35-36-37-38-39-40-42-44-46-48-50-52-54-56-58-60-62-64-66-70(76)72(78)73-68(67-74)71(77)69(75)65-63-61-59-57-55-53-51-49-47-45-43-41-30-28-26-24-22-20-18-16-14-12-10-8-6-4-2/h49,51,57,59,68-71,74-77H,3-48,50,52-56,58,60-67H2,1-2H3,(H,73,78)/b51-49+,59-57+. The summed E-state index contributed by atoms with van der Waals surface area (Å²) in [7, 11) is 0. The topological polar surface area (TPSA) is 110 Å². The molecule has 0 rings (SSSR count). The first-order chi connectivity index (χ1) is 38.5. The second-order valence-corrected chi connectivity index (χ2v) is 24.9. The van der Waals surface area contributed by atoms with Crippen molar-refractivity contribution in [3.63, 3.8) is 0 Å². The average molecular weight is 1100 g/mol. The highest BCUT2D eigenvalue weighted by Crippen LogP contribution is 2.20. The van der Waals surface area contributed by atoms with Crippen LogP contribution in [0.2, 0.25) is 0 Å². The van der Waals surface area contributed by atoms with Crippen LogP contribution in [-0.4, -0.2) is 57.3 Å². The highest BCUT2D eigenvalue weighted by molar-refractivity contribution is 5.80. The molecule has 6 heteroatoms. The molecule has 0 bridgehead atoms. The summed E-state index contributed by atoms with van der Waals surface area (Å²) < 4.78 is 0. The predicted molar refractivity (Wildman–Crippen MR) is 344 cm³/mol. The smallest absolute Gasteiger partial charge is 0.249 e. The highest BCUT2D eigenvalue weighted by Gasteiger charge is 2.28. The van der Waals surface area contributed by atoms with Crippen molar-refractivity contribution in [2.24, 2.45) is 0 Å². The molecule has 0 aliphatic carbocycles. The summed E-state index contributed by atoms with van der Waals surface area (Å²) in [6.07, 6.45) is 84.7. The Balaban J connectivity index is 3.54. The van der Waals surface area contributed by atoms with Gasteiger partial charge < -0.3 is 25.7 Å². The van der Waals surface area contributed by atoms with Gasteiger partial charge in [0.25, 0.3) is 0 Å². The van der Waals surface area contributed by atoms with Crippen LogP contribution >= 0.6 is 0 Å². The zero-order chi connectivity index (χ0) is 56.6. The van der Waals surface area contributed by atoms with E-state index in [1.807, 2.05) is 0 Å². The van der Waals surface area contributed by atoms with Crippen LogP contribution in [0.5, 0.6) is 0 Å². The van der Waals surface area contributed by atoms with E-state index in [0.29, 0.717) is 19.3 Å². The molecule has 0 saturated heterocycles. The van der Waals surface area contributed by atoms with E-state index in [4.69, 9.17) is 0 Å². The molecule has 0 saturated carbocycles. The molecule has 6 nitrogen and oxygen atoms in total. The van der Waals surface area contributed by atoms with Crippen molar-refractivity contribution in [2.75, 3.05) is 6.61 Å². The number of nitrogens with one attached hydrogen (secondary N) is 1. The second kappa shape index (κ2) is 66.6. The van der Waals surface area contributed by atoms with Crippen molar-refractivity contribution < 1.29 is 25.2 Å². The van der Waals surface area contributed by atoms with Gasteiger partial charge in [0, 0.05) is 0 Å². The Morgan fingerprint density at radius 2 is 0.538 bits per heavy atom. The molecule has 0 aromatic carbocycles. The third-order valence-electron chi connectivity index (χ3n) is 17.1. The van der Waals surface area contributed by atoms with E-state index in [9.17, 15) is 25.2 Å². The minimum Gasteiger partial charge on any atom is -0.394 e. The molecular formula is C72H141NO5. The van der Waals surface area contributed by atoms with E-state index in [1.54, 1.807) is 0 Å². The van der Waals surface area contributed by atoms with Crippen LogP contribution in [-0.2, 0) is 4.79 Å². The van der Waals surface area contributed by atoms with Crippen molar-refractivity contribution in [3.8, 4) is 0 Å². The number of hydrogen-bond donors (Lipinski definition) is 5. The van der Waals surface area contributed by atoms with Gasteiger partial charge in [-0.15, -0.1) is 0 Å². The maximum Gasteiger partial charge on any atom is 0.249 e. The molecule has 4 unspecified atom stereocenters. The lowest BCUT2D eigenvalue weighted by molar-refractivity contribution is -0.132. The lowest BCUT2D eigenvalue weighted by atomic mass is 10.00. The molecule has 5 N–H and O–H groups in total. The molecule has 0 aliphatic heterocycles. The molecule has 0 spiro atoms. The van der Waals surface area contributed by atoms with Gasteiger partial charge in [-0.1, -0.05) is 372 Å². The molecule has 0 aromatic heterocycles. The van der Waals surface area contributed by atoms with E-state index in [-0.39, 0.29) is 0 Å². The zero-order valence-corrected chi connectivity index (χ0v) is 52.9. The number of aliphatic hydroxyl groups is 4. The quantitative estimate of drug-likeness (QED) is 0.0308. The number of aliphatic hydroxyl groups excluding tert-OH is 4. The fourth-order valence-electron chi connectivity index (χ4n) is 11.6. The summed E-state index contributed by atoms with van der Waals surface area (Å²) in [6, 6.07) is -1.01. The minimum atomic E-state index is -1.29. The van der Waals surface area contributed by atoms with Gasteiger partial charge in [0.2, 0.25) is 5.91 Å². The SMILES string of the molecule is CCCCCCCCCCCCCCCCCCC/C=C/CC/C=C/CCCC(O)C(O)C(CO)NC(=O)C(O)CCCCCCCCCCCCCCCCCCCCCCCCCCCCCCCCCCCCCC. The first kappa shape index (κ1) is 76.8. The number of rotatable bonds is 67. The molecule has 78 heavy (non-hydrogen) atoms. The largest absolute Gasteiger partial charge is 0.394 e. The maximum absolute atomic E-state index is 12.7. The monoisotopic (exact) mass is 1100 g/mol. The Labute approximate surface area is 488 Å². The van der Waals surface area contributed by atoms with Crippen molar-refractivity contribution in [1.82, 2.24) is 5.32 Å². The summed E-state index contributed by atoms with van der Waals surface area (Å²) in [5, 5.41) is 44.2. The Kier molecular flexibility index (Phi) is 65.6. The predicted octanol–water partition coefficient (Wildman–Crippen LogP) is 22.1. The molecule has 0 radical (unpaired) electrons. The van der Waals surface area contributed by atoms with Gasteiger partial charge in [-0.2, -0.15) is 0 Å². The normalized spacial score (nSPS) is 13.6. The van der Waals surface area contributed by atoms with Gasteiger partial charge in [0.05, 0.1) is 18.8 Å². The van der Waals surface area contributed by atoms with Crippen molar-refractivity contribution >= 4 is 5.91 Å². The van der Waals surface area contributed by atoms with Crippen molar-refractivity contribution in [1.29, 1.82) is 0 Å². The van der Waals surface area contributed by atoms with Crippen LogP contribution in [0, 0.1) is 0 Å². The van der Waals surface area contributed by atoms with E-state index in [0.717, 1.165) is 38.5 Å². The summed E-state index contributed by atoms with van der Waals surface area (Å²) in [4.78, 5) is 12.7. The first-order valence-corrected chi connectivity index (χ1v) is 35.7. The third-order valence-corrected chi connectivity index (χ3v) is 17.1. The van der Waals surface area contributed by atoms with Crippen molar-refractivity contribution in [3.05, 3.63) is 24.3 Å². The number of amides is 1. The molecule has 464 valence electrons. The molecule has 1 amide bonds. The van der Waals surface area contributed by atoms with Crippen LogP contribution in [0.15, 0.2) is 24.3 Å². The van der Waals surface area contributed by atoms with E-state index in [1.165, 1.54) is 327 Å². The molecule has 0 heterocycles. The average Bonchev–Trinajstić information content (AvgIpc) is 3.45. The number of carbonyl (C=O) groups is 1. The number of unbranched alkanes of at least 4 members (excludes halogenated alkanes) is 54. The van der Waals surface area contributed by atoms with Gasteiger partial charge in [-0.3, -0.25) is 4.79 Å². The lowest BCUT2D eigenvalue weighted by Crippen LogP contribution is -2.53. The zero-order valence-electron chi connectivity index (χ0n) is 52.9. The van der Waals surface area contributed by atoms with Crippen LogP contribution in [0.3, 0.4) is 0 Å². The number of hydrogen-bond acceptors (Lipinski definition) is 5. The maximum atomic E-state index is 12.7. The lowest BCUT2D eigenvalue weighted by Gasteiger charge is -2.27. The van der Waals surface area contributed by atoms with E-state index in [2.05, 4.69) is 43.5 Å². The van der Waals surface area contributed by atoms with E-state index >= 15 is 0 Å². The van der Waals surface area contributed by atoms with Crippen LogP contribution < -0.4 is 5.32 Å². The number of allylic oxidation sites excluding steroid dienone is 4. The van der Waals surface area contributed by atoms with Crippen LogP contribution in [0.25, 0.3) is 0 Å². The van der Waals surface area contributed by atoms with Crippen LogP contribution in [0.1, 0.15) is 399 Å².